The van der Waals surface area contributed by atoms with Crippen LogP contribution in [0.25, 0.3) is 6.08 Å². The third-order valence-corrected chi connectivity index (χ3v) is 4.80. The van der Waals surface area contributed by atoms with Gasteiger partial charge in [0, 0.05) is 44.5 Å². The summed E-state index contributed by atoms with van der Waals surface area (Å²) in [5.41, 5.74) is 0.521. The maximum absolute atomic E-state index is 12.3. The van der Waals surface area contributed by atoms with Gasteiger partial charge in [0.15, 0.2) is 17.5 Å². The second-order valence-corrected chi connectivity index (χ2v) is 6.71. The third kappa shape index (κ3) is 4.76. The largest absolute Gasteiger partial charge is 0.464 e. The van der Waals surface area contributed by atoms with Crippen molar-refractivity contribution in [3.8, 4) is 5.95 Å². The summed E-state index contributed by atoms with van der Waals surface area (Å²) in [5, 5.41) is 0. The van der Waals surface area contributed by atoms with Crippen molar-refractivity contribution in [3.63, 3.8) is 0 Å². The first-order valence-corrected chi connectivity index (χ1v) is 9.20. The first kappa shape index (κ1) is 20.0. The number of carbonyl (C=O) groups is 3. The number of nitrogens with zero attached hydrogens (tertiary/aromatic N) is 2. The van der Waals surface area contributed by atoms with Gasteiger partial charge in [0.2, 0.25) is 5.91 Å². The molecule has 1 aromatic rings. The Balaban J connectivity index is 1.52. The van der Waals surface area contributed by atoms with Crippen molar-refractivity contribution in [2.24, 2.45) is 5.92 Å². The van der Waals surface area contributed by atoms with Crippen LogP contribution in [0.2, 0.25) is 0 Å². The van der Waals surface area contributed by atoms with Gasteiger partial charge in [-0.25, -0.2) is 0 Å². The van der Waals surface area contributed by atoms with Gasteiger partial charge in [0.1, 0.15) is 12.4 Å². The van der Waals surface area contributed by atoms with E-state index in [1.807, 2.05) is 0 Å². The zero-order chi connectivity index (χ0) is 20.1. The molecule has 1 saturated heterocycles. The predicted octanol–water partition coefficient (Wildman–Crippen LogP) is 1.13. The molecule has 0 spiro atoms. The van der Waals surface area contributed by atoms with Crippen LogP contribution in [-0.4, -0.2) is 73.8 Å². The van der Waals surface area contributed by atoms with E-state index in [9.17, 15) is 14.4 Å². The SMILES string of the molecule is CC1=CC(=O)C(C(=O)/C=C/c2ccc(OCCN3CCOCC3)o2)C(=O)N1C. The number of rotatable bonds is 7. The summed E-state index contributed by atoms with van der Waals surface area (Å²) in [6, 6.07) is 3.33. The number of amides is 1. The van der Waals surface area contributed by atoms with Gasteiger partial charge in [-0.1, -0.05) is 0 Å². The Morgan fingerprint density at radius 3 is 2.79 bits per heavy atom. The van der Waals surface area contributed by atoms with Crippen LogP contribution in [0.15, 0.2) is 34.4 Å². The molecule has 3 heterocycles. The van der Waals surface area contributed by atoms with Gasteiger partial charge < -0.3 is 18.8 Å². The molecule has 1 unspecified atom stereocenters. The van der Waals surface area contributed by atoms with Crippen LogP contribution in [0.1, 0.15) is 12.7 Å². The molecule has 1 aromatic heterocycles. The molecule has 8 heteroatoms. The number of carbonyl (C=O) groups excluding carboxylic acids is 3. The van der Waals surface area contributed by atoms with Crippen molar-refractivity contribution in [2.45, 2.75) is 6.92 Å². The molecule has 1 fully saturated rings. The Morgan fingerprint density at radius 2 is 2.04 bits per heavy atom. The molecule has 2 aliphatic rings. The molecule has 2 aliphatic heterocycles. The lowest BCUT2D eigenvalue weighted by atomic mass is 9.93. The highest BCUT2D eigenvalue weighted by molar-refractivity contribution is 6.26. The van der Waals surface area contributed by atoms with Gasteiger partial charge in [-0.2, -0.15) is 0 Å². The minimum Gasteiger partial charge on any atom is -0.464 e. The quantitative estimate of drug-likeness (QED) is 0.511. The molecule has 150 valence electrons. The standard InChI is InChI=1S/C20H24N2O6/c1-14-13-17(24)19(20(25)21(14)2)16(23)5-3-15-4-6-18(28-15)27-12-9-22-7-10-26-11-8-22/h3-6,13,19H,7-12H2,1-2H3/b5-3+. The first-order chi connectivity index (χ1) is 13.5. The van der Waals surface area contributed by atoms with Crippen LogP contribution < -0.4 is 4.74 Å². The highest BCUT2D eigenvalue weighted by Crippen LogP contribution is 2.20. The van der Waals surface area contributed by atoms with Crippen LogP contribution in [0, 0.1) is 5.92 Å². The number of ketones is 2. The summed E-state index contributed by atoms with van der Waals surface area (Å²) in [5.74, 6) is -2.16. The van der Waals surface area contributed by atoms with E-state index in [-0.39, 0.29) is 0 Å². The second-order valence-electron chi connectivity index (χ2n) is 6.71. The summed E-state index contributed by atoms with van der Waals surface area (Å²) < 4.78 is 16.4. The zero-order valence-corrected chi connectivity index (χ0v) is 16.1. The number of morpholine rings is 1. The topological polar surface area (TPSA) is 89.3 Å². The highest BCUT2D eigenvalue weighted by atomic mass is 16.6. The van der Waals surface area contributed by atoms with E-state index in [1.54, 1.807) is 19.1 Å². The number of hydrogen-bond acceptors (Lipinski definition) is 7. The minimum absolute atomic E-state index is 0.350. The summed E-state index contributed by atoms with van der Waals surface area (Å²) in [7, 11) is 1.54. The summed E-state index contributed by atoms with van der Waals surface area (Å²) in [4.78, 5) is 40.1. The first-order valence-electron chi connectivity index (χ1n) is 9.20. The molecular weight excluding hydrogens is 364 g/mol. The third-order valence-electron chi connectivity index (χ3n) is 4.80. The minimum atomic E-state index is -1.33. The Morgan fingerprint density at radius 1 is 1.29 bits per heavy atom. The molecule has 0 aromatic carbocycles. The number of allylic oxidation sites excluding steroid dienone is 3. The Hall–Kier alpha value is -2.71. The van der Waals surface area contributed by atoms with Gasteiger partial charge in [0.25, 0.3) is 5.95 Å². The highest BCUT2D eigenvalue weighted by Gasteiger charge is 2.37. The molecule has 0 N–H and O–H groups in total. The average molecular weight is 388 g/mol. The van der Waals surface area contributed by atoms with Crippen LogP contribution in [0.4, 0.5) is 0 Å². The van der Waals surface area contributed by atoms with E-state index in [4.69, 9.17) is 13.9 Å². The van der Waals surface area contributed by atoms with E-state index >= 15 is 0 Å². The van der Waals surface area contributed by atoms with Crippen LogP contribution in [-0.2, 0) is 19.1 Å². The molecule has 0 aliphatic carbocycles. The molecule has 1 amide bonds. The smallest absolute Gasteiger partial charge is 0.284 e. The summed E-state index contributed by atoms with van der Waals surface area (Å²) in [6.07, 6.45) is 3.94. The number of hydrogen-bond donors (Lipinski definition) is 0. The molecule has 0 saturated carbocycles. The number of furan rings is 1. The van der Waals surface area contributed by atoms with E-state index in [0.717, 1.165) is 32.8 Å². The Kier molecular flexibility index (Phi) is 6.43. The number of ether oxygens (including phenoxy) is 2. The molecule has 3 rings (SSSR count). The zero-order valence-electron chi connectivity index (χ0n) is 16.1. The lowest BCUT2D eigenvalue weighted by Gasteiger charge is -2.26. The summed E-state index contributed by atoms with van der Waals surface area (Å²) in [6.45, 7) is 6.16. The molecule has 0 radical (unpaired) electrons. The maximum Gasteiger partial charge on any atom is 0.284 e. The van der Waals surface area contributed by atoms with Crippen molar-refractivity contribution >= 4 is 23.5 Å². The molecule has 0 bridgehead atoms. The Labute approximate surface area is 163 Å². The fourth-order valence-corrected chi connectivity index (χ4v) is 3.00. The van der Waals surface area contributed by atoms with Crippen LogP contribution in [0.5, 0.6) is 5.95 Å². The fraction of sp³-hybridized carbons (Fsp3) is 0.450. The van der Waals surface area contributed by atoms with Crippen molar-refractivity contribution in [1.29, 1.82) is 0 Å². The Bertz CT molecular complexity index is 803. The van der Waals surface area contributed by atoms with Crippen molar-refractivity contribution < 1.29 is 28.3 Å². The van der Waals surface area contributed by atoms with Crippen LogP contribution >= 0.6 is 0 Å². The van der Waals surface area contributed by atoms with Crippen molar-refractivity contribution in [3.05, 3.63) is 35.7 Å². The normalized spacial score (nSPS) is 21.3. The van der Waals surface area contributed by atoms with Gasteiger partial charge in [0.05, 0.1) is 13.2 Å². The predicted molar refractivity (Wildman–Crippen MR) is 101 cm³/mol. The van der Waals surface area contributed by atoms with E-state index in [0.29, 0.717) is 24.0 Å². The average Bonchev–Trinajstić information content (AvgIpc) is 3.13. The van der Waals surface area contributed by atoms with Crippen molar-refractivity contribution in [2.75, 3.05) is 46.5 Å². The monoisotopic (exact) mass is 388 g/mol. The lowest BCUT2D eigenvalue weighted by Crippen LogP contribution is -2.43. The van der Waals surface area contributed by atoms with Crippen molar-refractivity contribution in [1.82, 2.24) is 9.80 Å². The maximum atomic E-state index is 12.3. The van der Waals surface area contributed by atoms with E-state index in [2.05, 4.69) is 4.90 Å². The van der Waals surface area contributed by atoms with Gasteiger partial charge in [-0.15, -0.1) is 0 Å². The van der Waals surface area contributed by atoms with Crippen LogP contribution in [0.3, 0.4) is 0 Å². The second kappa shape index (κ2) is 8.99. The van der Waals surface area contributed by atoms with Gasteiger partial charge in [-0.05, 0) is 25.1 Å². The fourth-order valence-electron chi connectivity index (χ4n) is 3.00. The van der Waals surface area contributed by atoms with E-state index < -0.39 is 23.4 Å². The molecular formula is C20H24N2O6. The van der Waals surface area contributed by atoms with E-state index in [1.165, 1.54) is 30.2 Å². The van der Waals surface area contributed by atoms with Gasteiger partial charge in [-0.3, -0.25) is 19.3 Å². The molecule has 8 nitrogen and oxygen atoms in total. The molecule has 28 heavy (non-hydrogen) atoms. The lowest BCUT2D eigenvalue weighted by molar-refractivity contribution is -0.142. The summed E-state index contributed by atoms with van der Waals surface area (Å²) >= 11 is 0. The molecule has 1 atom stereocenters. The van der Waals surface area contributed by atoms with Gasteiger partial charge >= 0.3 is 0 Å².